The Morgan fingerprint density at radius 3 is 2.63 bits per heavy atom. The topological polar surface area (TPSA) is 74.8 Å². The molecule has 0 spiro atoms. The molecule has 0 aliphatic carbocycles. The molecule has 0 atom stereocenters. The van der Waals surface area contributed by atoms with Crippen LogP contribution in [0.4, 0.5) is 0 Å². The average Bonchev–Trinajstić information content (AvgIpc) is 3.17. The van der Waals surface area contributed by atoms with Gasteiger partial charge in [-0.2, -0.15) is 5.10 Å². The van der Waals surface area contributed by atoms with Crippen LogP contribution in [-0.4, -0.2) is 44.6 Å². The number of hydrogen-bond donors (Lipinski definition) is 1. The van der Waals surface area contributed by atoms with E-state index in [0.29, 0.717) is 12.2 Å². The summed E-state index contributed by atoms with van der Waals surface area (Å²) in [6.45, 7) is 2.57. The molecular weight excluding hydrogens is 338 g/mol. The minimum absolute atomic E-state index is 0.0800. The quantitative estimate of drug-likeness (QED) is 0.620. The highest BCUT2D eigenvalue weighted by atomic mass is 16.2. The van der Waals surface area contributed by atoms with Crippen molar-refractivity contribution in [3.8, 4) is 11.3 Å². The second kappa shape index (κ2) is 9.07. The molecule has 1 N–H and O–H groups in total. The zero-order valence-corrected chi connectivity index (χ0v) is 15.9. The molecule has 0 aliphatic rings. The van der Waals surface area contributed by atoms with Crippen LogP contribution in [-0.2, 0) is 6.42 Å². The fourth-order valence-corrected chi connectivity index (χ4v) is 2.89. The van der Waals surface area contributed by atoms with Crippen LogP contribution in [0, 0.1) is 6.92 Å². The molecule has 0 saturated carbocycles. The normalized spacial score (nSPS) is 10.7. The summed E-state index contributed by atoms with van der Waals surface area (Å²) in [4.78, 5) is 22.3. The highest BCUT2D eigenvalue weighted by molar-refractivity contribution is 5.91. The van der Waals surface area contributed by atoms with Crippen LogP contribution in [0.2, 0.25) is 0 Å². The lowest BCUT2D eigenvalue weighted by Gasteiger charge is -2.16. The van der Waals surface area contributed by atoms with Gasteiger partial charge in [-0.25, -0.2) is 4.98 Å². The van der Waals surface area contributed by atoms with E-state index in [9.17, 15) is 4.79 Å². The van der Waals surface area contributed by atoms with Gasteiger partial charge in [0.05, 0.1) is 17.6 Å². The summed E-state index contributed by atoms with van der Waals surface area (Å²) >= 11 is 0. The number of nitrogens with one attached hydrogen (secondary N) is 1. The number of nitrogens with zero attached hydrogens (tertiary/aromatic N) is 4. The van der Waals surface area contributed by atoms with Gasteiger partial charge in [-0.3, -0.25) is 14.9 Å². The van der Waals surface area contributed by atoms with Gasteiger partial charge in [-0.15, -0.1) is 0 Å². The van der Waals surface area contributed by atoms with Crippen LogP contribution in [0.5, 0.6) is 0 Å². The highest BCUT2D eigenvalue weighted by Gasteiger charge is 2.13. The standard InChI is InChI=1S/C21H25N5O/c1-16-14-23-20(15-22-16)21(27)26(2)12-8-4-7-11-18-13-19(25-24-18)17-9-5-3-6-10-17/h3,5-6,9-10,13-15H,4,7-8,11-12H2,1-2H3,(H,24,25). The van der Waals surface area contributed by atoms with Gasteiger partial charge in [0.1, 0.15) is 5.69 Å². The lowest BCUT2D eigenvalue weighted by atomic mass is 10.1. The van der Waals surface area contributed by atoms with Crippen molar-refractivity contribution in [2.45, 2.75) is 32.6 Å². The Bertz CT molecular complexity index is 858. The predicted molar refractivity (Wildman–Crippen MR) is 105 cm³/mol. The maximum atomic E-state index is 12.3. The average molecular weight is 363 g/mol. The van der Waals surface area contributed by atoms with Crippen molar-refractivity contribution in [1.82, 2.24) is 25.1 Å². The molecular formula is C21H25N5O. The van der Waals surface area contributed by atoms with Crippen LogP contribution in [0.25, 0.3) is 11.3 Å². The van der Waals surface area contributed by atoms with Crippen molar-refractivity contribution in [2.24, 2.45) is 0 Å². The maximum absolute atomic E-state index is 12.3. The summed E-state index contributed by atoms with van der Waals surface area (Å²) in [5, 5.41) is 7.50. The van der Waals surface area contributed by atoms with Crippen molar-refractivity contribution in [3.63, 3.8) is 0 Å². The molecule has 0 aliphatic heterocycles. The molecule has 0 fully saturated rings. The van der Waals surface area contributed by atoms with Crippen LogP contribution in [0.3, 0.4) is 0 Å². The Kier molecular flexibility index (Phi) is 6.30. The van der Waals surface area contributed by atoms with Crippen LogP contribution >= 0.6 is 0 Å². The van der Waals surface area contributed by atoms with E-state index in [1.165, 1.54) is 6.20 Å². The largest absolute Gasteiger partial charge is 0.340 e. The van der Waals surface area contributed by atoms with Crippen LogP contribution in [0.15, 0.2) is 48.8 Å². The minimum Gasteiger partial charge on any atom is -0.340 e. The summed E-state index contributed by atoms with van der Waals surface area (Å²) in [5.74, 6) is -0.0800. The first-order chi connectivity index (χ1) is 13.1. The van der Waals surface area contributed by atoms with E-state index in [0.717, 1.165) is 48.3 Å². The Morgan fingerprint density at radius 1 is 1.07 bits per heavy atom. The number of H-pyrrole nitrogens is 1. The van der Waals surface area contributed by atoms with Gasteiger partial charge < -0.3 is 4.90 Å². The van der Waals surface area contributed by atoms with Gasteiger partial charge in [0.15, 0.2) is 0 Å². The van der Waals surface area contributed by atoms with Crippen molar-refractivity contribution in [3.05, 3.63) is 65.9 Å². The molecule has 27 heavy (non-hydrogen) atoms. The Hall–Kier alpha value is -3.02. The third kappa shape index (κ3) is 5.23. The minimum atomic E-state index is -0.0800. The lowest BCUT2D eigenvalue weighted by Crippen LogP contribution is -2.28. The molecule has 2 heterocycles. The third-order valence-electron chi connectivity index (χ3n) is 4.49. The van der Waals surface area contributed by atoms with Crippen molar-refractivity contribution < 1.29 is 4.79 Å². The van der Waals surface area contributed by atoms with E-state index < -0.39 is 0 Å². The van der Waals surface area contributed by atoms with E-state index in [2.05, 4.69) is 38.4 Å². The summed E-state index contributed by atoms with van der Waals surface area (Å²) in [7, 11) is 1.81. The number of carbonyl (C=O) groups is 1. The molecule has 3 aromatic rings. The molecule has 0 unspecified atom stereocenters. The van der Waals surface area contributed by atoms with E-state index in [1.807, 2.05) is 32.2 Å². The number of aromatic nitrogens is 4. The number of rotatable bonds is 8. The molecule has 6 nitrogen and oxygen atoms in total. The first-order valence-corrected chi connectivity index (χ1v) is 9.27. The molecule has 6 heteroatoms. The monoisotopic (exact) mass is 363 g/mol. The molecule has 0 saturated heterocycles. The van der Waals surface area contributed by atoms with Crippen LogP contribution in [0.1, 0.15) is 41.1 Å². The van der Waals surface area contributed by atoms with E-state index in [-0.39, 0.29) is 5.91 Å². The molecule has 1 aromatic carbocycles. The van der Waals surface area contributed by atoms with Gasteiger partial charge in [0, 0.05) is 31.0 Å². The van der Waals surface area contributed by atoms with Crippen molar-refractivity contribution >= 4 is 5.91 Å². The SMILES string of the molecule is Cc1cnc(C(=O)N(C)CCCCCc2cc(-c3ccccc3)n[nH]2)cn1. The third-order valence-corrected chi connectivity index (χ3v) is 4.49. The fraction of sp³-hybridized carbons (Fsp3) is 0.333. The molecule has 0 radical (unpaired) electrons. The van der Waals surface area contributed by atoms with Crippen LogP contribution < -0.4 is 0 Å². The van der Waals surface area contributed by atoms with Gasteiger partial charge in [0.2, 0.25) is 0 Å². The molecule has 2 aromatic heterocycles. The summed E-state index contributed by atoms with van der Waals surface area (Å²) in [6, 6.07) is 12.3. The second-order valence-electron chi connectivity index (χ2n) is 6.72. The summed E-state index contributed by atoms with van der Waals surface area (Å²) in [6.07, 6.45) is 7.19. The van der Waals surface area contributed by atoms with Gasteiger partial charge in [-0.1, -0.05) is 36.8 Å². The first-order valence-electron chi connectivity index (χ1n) is 9.27. The molecule has 0 bridgehead atoms. The number of hydrogen-bond acceptors (Lipinski definition) is 4. The Balaban J connectivity index is 1.38. The Morgan fingerprint density at radius 2 is 1.89 bits per heavy atom. The number of carbonyl (C=O) groups excluding carboxylic acids is 1. The second-order valence-corrected chi connectivity index (χ2v) is 6.72. The number of aryl methyl sites for hydroxylation is 2. The van der Waals surface area contributed by atoms with Crippen molar-refractivity contribution in [1.29, 1.82) is 0 Å². The smallest absolute Gasteiger partial charge is 0.273 e. The number of amides is 1. The molecule has 140 valence electrons. The van der Waals surface area contributed by atoms with Gasteiger partial charge in [0.25, 0.3) is 5.91 Å². The lowest BCUT2D eigenvalue weighted by molar-refractivity contribution is 0.0786. The predicted octanol–water partition coefficient (Wildman–Crippen LogP) is 3.66. The molecule has 3 rings (SSSR count). The maximum Gasteiger partial charge on any atom is 0.273 e. The fourth-order valence-electron chi connectivity index (χ4n) is 2.89. The highest BCUT2D eigenvalue weighted by Crippen LogP contribution is 2.18. The molecule has 1 amide bonds. The first kappa shape index (κ1) is 18.8. The van der Waals surface area contributed by atoms with Gasteiger partial charge >= 0.3 is 0 Å². The van der Waals surface area contributed by atoms with Crippen molar-refractivity contribution in [2.75, 3.05) is 13.6 Å². The summed E-state index contributed by atoms with van der Waals surface area (Å²) < 4.78 is 0. The van der Waals surface area contributed by atoms with E-state index in [4.69, 9.17) is 0 Å². The van der Waals surface area contributed by atoms with E-state index >= 15 is 0 Å². The zero-order chi connectivity index (χ0) is 19.1. The number of unbranched alkanes of at least 4 members (excludes halogenated alkanes) is 2. The number of aromatic amines is 1. The summed E-state index contributed by atoms with van der Waals surface area (Å²) in [5.41, 5.74) is 4.46. The van der Waals surface area contributed by atoms with Gasteiger partial charge in [-0.05, 0) is 32.3 Å². The Labute approximate surface area is 159 Å². The van der Waals surface area contributed by atoms with E-state index in [1.54, 1.807) is 11.1 Å². The number of benzene rings is 1. The zero-order valence-electron chi connectivity index (χ0n) is 15.9.